The second-order valence-electron chi connectivity index (χ2n) is 2.46. The lowest BCUT2D eigenvalue weighted by atomic mass is 10.4. The van der Waals surface area contributed by atoms with E-state index in [1.807, 2.05) is 0 Å². The maximum absolute atomic E-state index is 10.6. The second kappa shape index (κ2) is 5.49. The van der Waals surface area contributed by atoms with Crippen LogP contribution in [0.15, 0.2) is 11.5 Å². The molecule has 0 aliphatic heterocycles. The Balaban J connectivity index is 5.43. The Labute approximate surface area is 89.1 Å². The first-order valence-electron chi connectivity index (χ1n) is 3.83. The summed E-state index contributed by atoms with van der Waals surface area (Å²) in [6, 6.07) is 0. The van der Waals surface area contributed by atoms with E-state index in [-0.39, 0.29) is 0 Å². The van der Waals surface area contributed by atoms with Crippen molar-refractivity contribution in [2.75, 3.05) is 0 Å². The highest BCUT2D eigenvalue weighted by atomic mass is 16.6. The summed E-state index contributed by atoms with van der Waals surface area (Å²) in [5, 5.41) is 17.1. The number of hydrogen-bond donors (Lipinski definition) is 2. The minimum Gasteiger partial charge on any atom is -0.475 e. The molecule has 88 valence electrons. The molecule has 16 heavy (non-hydrogen) atoms. The monoisotopic (exact) mass is 232 g/mol. The van der Waals surface area contributed by atoms with Crippen molar-refractivity contribution in [3.63, 3.8) is 0 Å². The van der Waals surface area contributed by atoms with E-state index in [1.165, 1.54) is 0 Å². The fraction of sp³-hybridized carbons (Fsp3) is 0.250. The van der Waals surface area contributed by atoms with Gasteiger partial charge in [0.25, 0.3) is 11.5 Å². The summed E-state index contributed by atoms with van der Waals surface area (Å²) in [4.78, 5) is 42.2. The van der Waals surface area contributed by atoms with Crippen LogP contribution in [0, 0.1) is 0 Å². The van der Waals surface area contributed by atoms with Gasteiger partial charge in [-0.1, -0.05) is 0 Å². The number of hydrogen-bond acceptors (Lipinski definition) is 6. The number of carbonyl (C=O) groups excluding carboxylic acids is 2. The highest BCUT2D eigenvalue weighted by Crippen LogP contribution is 2.10. The third-order valence-electron chi connectivity index (χ3n) is 1.09. The molecule has 0 aliphatic rings. The molecular formula is C8H8O8. The fourth-order valence-electron chi connectivity index (χ4n) is 0.662. The Morgan fingerprint density at radius 1 is 0.750 bits per heavy atom. The molecule has 0 saturated heterocycles. The molecule has 0 rings (SSSR count). The molecular weight excluding hydrogens is 224 g/mol. The van der Waals surface area contributed by atoms with Gasteiger partial charge in [-0.15, -0.1) is 0 Å². The number of carboxylic acid groups (broad SMARTS) is 2. The normalized spacial score (nSPS) is 11.1. The predicted octanol–water partition coefficient (Wildman–Crippen LogP) is -0.507. The van der Waals surface area contributed by atoms with E-state index in [1.54, 1.807) is 0 Å². The third-order valence-corrected chi connectivity index (χ3v) is 1.09. The van der Waals surface area contributed by atoms with Gasteiger partial charge in [0.1, 0.15) is 0 Å². The van der Waals surface area contributed by atoms with E-state index in [4.69, 9.17) is 10.2 Å². The molecule has 0 atom stereocenters. The molecule has 0 saturated carbocycles. The van der Waals surface area contributed by atoms with Gasteiger partial charge in [-0.25, -0.2) is 9.59 Å². The Morgan fingerprint density at radius 3 is 1.12 bits per heavy atom. The van der Waals surface area contributed by atoms with Crippen LogP contribution in [-0.2, 0) is 28.7 Å². The fourth-order valence-corrected chi connectivity index (χ4v) is 0.662. The van der Waals surface area contributed by atoms with E-state index in [2.05, 4.69) is 9.47 Å². The zero-order valence-corrected chi connectivity index (χ0v) is 8.34. The summed E-state index contributed by atoms with van der Waals surface area (Å²) in [6.07, 6.45) is 0. The topological polar surface area (TPSA) is 127 Å². The molecule has 2 N–H and O–H groups in total. The quantitative estimate of drug-likeness (QED) is 0.377. The molecule has 0 radical (unpaired) electrons. The van der Waals surface area contributed by atoms with Crippen molar-refractivity contribution >= 4 is 23.9 Å². The van der Waals surface area contributed by atoms with Crippen molar-refractivity contribution in [1.29, 1.82) is 0 Å². The Morgan fingerprint density at radius 2 is 1.00 bits per heavy atom. The molecule has 0 fully saturated rings. The number of esters is 2. The number of aliphatic carboxylic acids is 2. The van der Waals surface area contributed by atoms with Crippen LogP contribution in [0.2, 0.25) is 0 Å². The molecule has 0 aromatic rings. The first kappa shape index (κ1) is 13.6. The van der Waals surface area contributed by atoms with Gasteiger partial charge in [-0.05, 0) is 0 Å². The van der Waals surface area contributed by atoms with Gasteiger partial charge in [-0.2, -0.15) is 0 Å². The minimum absolute atomic E-state index is 0.871. The predicted molar refractivity (Wildman–Crippen MR) is 45.8 cm³/mol. The van der Waals surface area contributed by atoms with Crippen molar-refractivity contribution in [3.05, 3.63) is 11.5 Å². The summed E-state index contributed by atoms with van der Waals surface area (Å²) in [7, 11) is 0. The Kier molecular flexibility index (Phi) is 4.67. The van der Waals surface area contributed by atoms with Gasteiger partial charge >= 0.3 is 23.9 Å². The highest BCUT2D eigenvalue weighted by molar-refractivity contribution is 5.98. The van der Waals surface area contributed by atoms with E-state index < -0.39 is 35.4 Å². The molecule has 0 aromatic carbocycles. The molecule has 0 heterocycles. The van der Waals surface area contributed by atoms with Crippen molar-refractivity contribution in [3.8, 4) is 0 Å². The lowest BCUT2D eigenvalue weighted by molar-refractivity contribution is -0.152. The highest BCUT2D eigenvalue weighted by Gasteiger charge is 2.27. The summed E-state index contributed by atoms with van der Waals surface area (Å²) < 4.78 is 8.24. The summed E-state index contributed by atoms with van der Waals surface area (Å²) in [5.74, 6) is -8.29. The SMILES string of the molecule is CC(=O)OC(C(=O)O)=C(OC(C)=O)C(=O)O. The second-order valence-corrected chi connectivity index (χ2v) is 2.46. The molecule has 0 spiro atoms. The lowest BCUT2D eigenvalue weighted by Crippen LogP contribution is -2.19. The number of carboxylic acids is 2. The van der Waals surface area contributed by atoms with Crippen LogP contribution in [0.1, 0.15) is 13.8 Å². The van der Waals surface area contributed by atoms with Crippen LogP contribution in [0.3, 0.4) is 0 Å². The van der Waals surface area contributed by atoms with E-state index in [9.17, 15) is 19.2 Å². The number of ether oxygens (including phenoxy) is 2. The Hall–Kier alpha value is -2.38. The molecule has 0 amide bonds. The summed E-state index contributed by atoms with van der Waals surface area (Å²) in [6.45, 7) is 1.74. The maximum Gasteiger partial charge on any atom is 0.376 e. The van der Waals surface area contributed by atoms with Gasteiger partial charge < -0.3 is 19.7 Å². The van der Waals surface area contributed by atoms with E-state index >= 15 is 0 Å². The zero-order chi connectivity index (χ0) is 12.9. The van der Waals surface area contributed by atoms with Crippen LogP contribution in [0.25, 0.3) is 0 Å². The minimum atomic E-state index is -1.84. The van der Waals surface area contributed by atoms with Crippen LogP contribution in [0.4, 0.5) is 0 Å². The zero-order valence-electron chi connectivity index (χ0n) is 8.34. The van der Waals surface area contributed by atoms with Crippen LogP contribution >= 0.6 is 0 Å². The van der Waals surface area contributed by atoms with Gasteiger partial charge in [-0.3, -0.25) is 9.59 Å². The van der Waals surface area contributed by atoms with E-state index in [0.717, 1.165) is 13.8 Å². The first-order valence-corrected chi connectivity index (χ1v) is 3.83. The van der Waals surface area contributed by atoms with Gasteiger partial charge in [0.15, 0.2) is 0 Å². The van der Waals surface area contributed by atoms with Gasteiger partial charge in [0.05, 0.1) is 0 Å². The Bertz CT molecular complexity index is 341. The standard InChI is InChI=1S/C8H8O8/c1-3(9)15-5(7(11)12)6(8(13)14)16-4(2)10/h1-2H3,(H,11,12)(H,13,14). The van der Waals surface area contributed by atoms with E-state index in [0.29, 0.717) is 0 Å². The summed E-state index contributed by atoms with van der Waals surface area (Å²) in [5.41, 5.74) is 0. The average molecular weight is 232 g/mol. The first-order chi connectivity index (χ1) is 7.25. The van der Waals surface area contributed by atoms with Crippen LogP contribution < -0.4 is 0 Å². The third kappa shape index (κ3) is 4.22. The van der Waals surface area contributed by atoms with Crippen molar-refractivity contribution in [1.82, 2.24) is 0 Å². The van der Waals surface area contributed by atoms with Crippen molar-refractivity contribution < 1.29 is 38.9 Å². The smallest absolute Gasteiger partial charge is 0.376 e. The summed E-state index contributed by atoms with van der Waals surface area (Å²) >= 11 is 0. The number of carbonyl (C=O) groups is 4. The van der Waals surface area contributed by atoms with Crippen molar-refractivity contribution in [2.24, 2.45) is 0 Å². The lowest BCUT2D eigenvalue weighted by Gasteiger charge is -2.06. The molecule has 8 nitrogen and oxygen atoms in total. The van der Waals surface area contributed by atoms with Crippen LogP contribution in [0.5, 0.6) is 0 Å². The molecule has 8 heteroatoms. The molecule has 0 unspecified atom stereocenters. The van der Waals surface area contributed by atoms with Crippen molar-refractivity contribution in [2.45, 2.75) is 13.8 Å². The molecule has 0 aliphatic carbocycles. The van der Waals surface area contributed by atoms with Crippen LogP contribution in [-0.4, -0.2) is 34.1 Å². The average Bonchev–Trinajstić information content (AvgIpc) is 2.09. The molecule has 0 bridgehead atoms. The van der Waals surface area contributed by atoms with Gasteiger partial charge in [0, 0.05) is 13.8 Å². The molecule has 0 aromatic heterocycles. The largest absolute Gasteiger partial charge is 0.475 e. The maximum atomic E-state index is 10.6. The number of rotatable bonds is 4. The van der Waals surface area contributed by atoms with Gasteiger partial charge in [0.2, 0.25) is 0 Å².